The normalized spacial score (nSPS) is 16.0. The summed E-state index contributed by atoms with van der Waals surface area (Å²) in [5.74, 6) is -2.36. The second-order valence-electron chi connectivity index (χ2n) is 7.02. The maximum absolute atomic E-state index is 15.1. The highest BCUT2D eigenvalue weighted by molar-refractivity contribution is 5.97. The Bertz CT molecular complexity index is 1360. The van der Waals surface area contributed by atoms with Crippen LogP contribution in [-0.4, -0.2) is 25.6 Å². The third kappa shape index (κ3) is 2.85. The smallest absolute Gasteiger partial charge is 0.256 e. The molecule has 3 heterocycles. The molecule has 5 rings (SSSR count). The molecule has 1 amide bonds. The Morgan fingerprint density at radius 3 is 2.63 bits per heavy atom. The van der Waals surface area contributed by atoms with Gasteiger partial charge in [-0.05, 0) is 48.4 Å². The molecule has 0 saturated heterocycles. The fourth-order valence-electron chi connectivity index (χ4n) is 3.78. The Morgan fingerprint density at radius 1 is 1.13 bits per heavy atom. The largest absolute Gasteiger partial charge is 0.328 e. The van der Waals surface area contributed by atoms with Crippen molar-refractivity contribution in [2.24, 2.45) is 0 Å². The van der Waals surface area contributed by atoms with Crippen molar-refractivity contribution in [1.82, 2.24) is 19.7 Å². The van der Waals surface area contributed by atoms with Gasteiger partial charge in [-0.1, -0.05) is 12.1 Å². The predicted octanol–water partition coefficient (Wildman–Crippen LogP) is 4.55. The van der Waals surface area contributed by atoms with Crippen LogP contribution in [0, 0.1) is 11.6 Å². The topological polar surface area (TPSA) is 51.0 Å². The van der Waals surface area contributed by atoms with Gasteiger partial charge in [-0.25, -0.2) is 8.78 Å². The third-order valence-corrected chi connectivity index (χ3v) is 5.28. The van der Waals surface area contributed by atoms with Crippen molar-refractivity contribution in [3.05, 3.63) is 83.3 Å². The summed E-state index contributed by atoms with van der Waals surface area (Å²) in [6.07, 6.45) is 3.05. The van der Waals surface area contributed by atoms with E-state index in [-0.39, 0.29) is 16.8 Å². The summed E-state index contributed by atoms with van der Waals surface area (Å²) in [5, 5.41) is 5.08. The van der Waals surface area contributed by atoms with E-state index in [1.807, 2.05) is 13.0 Å². The van der Waals surface area contributed by atoms with Gasteiger partial charge in [0.25, 0.3) is 5.91 Å². The lowest BCUT2D eigenvalue weighted by Crippen LogP contribution is -2.24. The lowest BCUT2D eigenvalue weighted by atomic mass is 9.99. The summed E-state index contributed by atoms with van der Waals surface area (Å²) < 4.78 is 48.6. The number of halogens is 2. The van der Waals surface area contributed by atoms with Crippen molar-refractivity contribution in [3.8, 4) is 11.1 Å². The van der Waals surface area contributed by atoms with Crippen LogP contribution in [0.3, 0.4) is 0 Å². The third-order valence-electron chi connectivity index (χ3n) is 5.28. The van der Waals surface area contributed by atoms with Gasteiger partial charge < -0.3 is 4.90 Å². The van der Waals surface area contributed by atoms with E-state index in [2.05, 4.69) is 10.1 Å². The quantitative estimate of drug-likeness (QED) is 0.500. The number of nitrogens with zero attached hydrogens (tertiary/aromatic N) is 4. The van der Waals surface area contributed by atoms with Crippen LogP contribution in [-0.2, 0) is 19.6 Å². The minimum Gasteiger partial charge on any atom is -0.328 e. The predicted molar refractivity (Wildman–Crippen MR) is 109 cm³/mol. The lowest BCUT2D eigenvalue weighted by Gasteiger charge is -2.17. The van der Waals surface area contributed by atoms with Crippen molar-refractivity contribution in [1.29, 1.82) is 0 Å². The molecule has 2 aromatic heterocycles. The van der Waals surface area contributed by atoms with Crippen LogP contribution < -0.4 is 0 Å². The average molecular weight is 406 g/mol. The maximum Gasteiger partial charge on any atom is 0.256 e. The molecule has 0 fully saturated rings. The monoisotopic (exact) mass is 406 g/mol. The molecule has 4 aromatic rings. The highest BCUT2D eigenvalue weighted by atomic mass is 19.1. The molecule has 7 heteroatoms. The SMILES string of the molecule is [2H]C1([2H])c2ncccc2C(=O)N1Cc1c(F)cc(-c2cccc3c2cnn3CC)cc1F. The number of benzene rings is 2. The van der Waals surface area contributed by atoms with Crippen LogP contribution in [0.2, 0.25) is 0 Å². The van der Waals surface area contributed by atoms with Gasteiger partial charge in [0.2, 0.25) is 0 Å². The molecule has 0 saturated carbocycles. The number of rotatable bonds is 4. The minimum atomic E-state index is -2.27. The van der Waals surface area contributed by atoms with Gasteiger partial charge in [-0.3, -0.25) is 14.5 Å². The summed E-state index contributed by atoms with van der Waals surface area (Å²) in [5.41, 5.74) is 1.49. The molecule has 1 aliphatic heterocycles. The van der Waals surface area contributed by atoms with Gasteiger partial charge in [-0.15, -0.1) is 0 Å². The van der Waals surface area contributed by atoms with E-state index >= 15 is 8.78 Å². The molecule has 0 atom stereocenters. The molecular formula is C23H18F2N4O. The Morgan fingerprint density at radius 2 is 1.90 bits per heavy atom. The van der Waals surface area contributed by atoms with E-state index in [1.165, 1.54) is 30.5 Å². The van der Waals surface area contributed by atoms with Crippen LogP contribution in [0.25, 0.3) is 22.0 Å². The zero-order valence-electron chi connectivity index (χ0n) is 18.1. The summed E-state index contributed by atoms with van der Waals surface area (Å²) in [6, 6.07) is 10.8. The molecule has 1 aliphatic rings. The molecule has 0 bridgehead atoms. The fraction of sp³-hybridized carbons (Fsp3) is 0.174. The number of pyridine rings is 1. The van der Waals surface area contributed by atoms with Gasteiger partial charge in [0, 0.05) is 23.7 Å². The van der Waals surface area contributed by atoms with Crippen molar-refractivity contribution in [3.63, 3.8) is 0 Å². The lowest BCUT2D eigenvalue weighted by molar-refractivity contribution is 0.0763. The number of carbonyl (C=O) groups excluding carboxylic acids is 1. The van der Waals surface area contributed by atoms with Gasteiger partial charge in [0.05, 0.1) is 38.8 Å². The molecule has 150 valence electrons. The molecule has 0 N–H and O–H groups in total. The molecule has 5 nitrogen and oxygen atoms in total. The number of aromatic nitrogens is 3. The summed E-state index contributed by atoms with van der Waals surface area (Å²) in [6.45, 7) is -0.208. The minimum absolute atomic E-state index is 0.0537. The molecule has 2 aromatic carbocycles. The number of hydrogen-bond acceptors (Lipinski definition) is 3. The highest BCUT2D eigenvalue weighted by Gasteiger charge is 2.29. The van der Waals surface area contributed by atoms with Gasteiger partial charge in [0.15, 0.2) is 0 Å². The Labute approximate surface area is 174 Å². The summed E-state index contributed by atoms with van der Waals surface area (Å²) in [4.78, 5) is 17.5. The molecule has 0 radical (unpaired) electrons. The van der Waals surface area contributed by atoms with E-state index in [0.29, 0.717) is 17.7 Å². The van der Waals surface area contributed by atoms with Crippen LogP contribution in [0.4, 0.5) is 8.78 Å². The molecule has 0 spiro atoms. The standard InChI is InChI=1S/C23H18F2N4O/c1-2-29-22-7-3-5-15(17(22)11-27-29)14-9-19(24)18(20(25)10-14)12-28-13-21-16(23(28)30)6-4-8-26-21/h3-11H,2,12-13H2,1H3/i13D2. The number of fused-ring (bicyclic) bond motifs is 2. The number of carbonyl (C=O) groups is 1. The van der Waals surface area contributed by atoms with Gasteiger partial charge >= 0.3 is 0 Å². The van der Waals surface area contributed by atoms with Crippen molar-refractivity contribution in [2.45, 2.75) is 26.5 Å². The zero-order chi connectivity index (χ0) is 22.6. The Balaban J connectivity index is 1.54. The van der Waals surface area contributed by atoms with E-state index in [9.17, 15) is 4.79 Å². The van der Waals surface area contributed by atoms with E-state index < -0.39 is 30.6 Å². The zero-order valence-corrected chi connectivity index (χ0v) is 16.1. The van der Waals surface area contributed by atoms with Gasteiger partial charge in [0.1, 0.15) is 11.6 Å². The maximum atomic E-state index is 15.1. The Kier molecular flexibility index (Phi) is 3.79. The fourth-order valence-corrected chi connectivity index (χ4v) is 3.78. The van der Waals surface area contributed by atoms with Crippen molar-refractivity contribution < 1.29 is 16.3 Å². The first-order valence-electron chi connectivity index (χ1n) is 10.5. The number of amides is 1. The molecule has 30 heavy (non-hydrogen) atoms. The molecule has 0 unspecified atom stereocenters. The molecule has 0 aliphatic carbocycles. The first-order valence-corrected chi connectivity index (χ1v) is 9.53. The number of aryl methyl sites for hydroxylation is 1. The molecular weight excluding hydrogens is 386 g/mol. The van der Waals surface area contributed by atoms with E-state index in [4.69, 9.17) is 2.74 Å². The van der Waals surface area contributed by atoms with E-state index in [1.54, 1.807) is 23.0 Å². The summed E-state index contributed by atoms with van der Waals surface area (Å²) >= 11 is 0. The van der Waals surface area contributed by atoms with Crippen LogP contribution in [0.5, 0.6) is 0 Å². The van der Waals surface area contributed by atoms with Crippen molar-refractivity contribution >= 4 is 16.8 Å². The summed E-state index contributed by atoms with van der Waals surface area (Å²) in [7, 11) is 0. The van der Waals surface area contributed by atoms with Crippen LogP contribution in [0.1, 0.15) is 31.3 Å². The van der Waals surface area contributed by atoms with Crippen molar-refractivity contribution in [2.75, 3.05) is 0 Å². The first-order chi connectivity index (χ1) is 15.3. The van der Waals surface area contributed by atoms with Crippen LogP contribution >= 0.6 is 0 Å². The first kappa shape index (κ1) is 16.2. The number of hydrogen-bond donors (Lipinski definition) is 0. The average Bonchev–Trinajstić information content (AvgIpc) is 3.28. The second-order valence-corrected chi connectivity index (χ2v) is 7.02. The Hall–Kier alpha value is -3.61. The highest BCUT2D eigenvalue weighted by Crippen LogP contribution is 2.32. The second kappa shape index (κ2) is 7.02. The van der Waals surface area contributed by atoms with Crippen LogP contribution in [0.15, 0.2) is 54.9 Å². The van der Waals surface area contributed by atoms with E-state index in [0.717, 1.165) is 15.8 Å². The van der Waals surface area contributed by atoms with Gasteiger partial charge in [-0.2, -0.15) is 5.10 Å².